The SMILES string of the molecule is Cc1cccc(CNC(=O)c2ccc(NCc3ccccc3C)nn2)c1. The fourth-order valence-corrected chi connectivity index (χ4v) is 2.64. The zero-order valence-corrected chi connectivity index (χ0v) is 15.0. The lowest BCUT2D eigenvalue weighted by atomic mass is 10.1. The molecule has 3 rings (SSSR count). The Morgan fingerprint density at radius 1 is 0.923 bits per heavy atom. The lowest BCUT2D eigenvalue weighted by Gasteiger charge is -2.08. The molecule has 0 radical (unpaired) electrons. The van der Waals surface area contributed by atoms with Crippen molar-refractivity contribution in [3.63, 3.8) is 0 Å². The van der Waals surface area contributed by atoms with E-state index in [4.69, 9.17) is 0 Å². The summed E-state index contributed by atoms with van der Waals surface area (Å²) in [6.07, 6.45) is 0. The fraction of sp³-hybridized carbons (Fsp3) is 0.190. The van der Waals surface area contributed by atoms with Crippen LogP contribution in [0.4, 0.5) is 5.82 Å². The third-order valence-corrected chi connectivity index (χ3v) is 4.15. The van der Waals surface area contributed by atoms with Crippen LogP contribution in [0.3, 0.4) is 0 Å². The second-order valence-electron chi connectivity index (χ2n) is 6.26. The Morgan fingerprint density at radius 2 is 1.77 bits per heavy atom. The van der Waals surface area contributed by atoms with E-state index in [0.29, 0.717) is 24.6 Å². The molecular weight excluding hydrogens is 324 g/mol. The molecule has 3 aromatic rings. The number of carbonyl (C=O) groups excluding carboxylic acids is 1. The van der Waals surface area contributed by atoms with E-state index >= 15 is 0 Å². The molecule has 2 aromatic carbocycles. The quantitative estimate of drug-likeness (QED) is 0.715. The summed E-state index contributed by atoms with van der Waals surface area (Å²) in [6.45, 7) is 5.24. The van der Waals surface area contributed by atoms with Gasteiger partial charge in [-0.25, -0.2) is 0 Å². The lowest BCUT2D eigenvalue weighted by Crippen LogP contribution is -2.24. The van der Waals surface area contributed by atoms with Crippen molar-refractivity contribution in [2.75, 3.05) is 5.32 Å². The number of carbonyl (C=O) groups is 1. The van der Waals surface area contributed by atoms with Crippen molar-refractivity contribution < 1.29 is 4.79 Å². The van der Waals surface area contributed by atoms with E-state index in [1.54, 1.807) is 12.1 Å². The largest absolute Gasteiger partial charge is 0.364 e. The fourth-order valence-electron chi connectivity index (χ4n) is 2.64. The highest BCUT2D eigenvalue weighted by atomic mass is 16.1. The Kier molecular flexibility index (Phi) is 5.59. The number of rotatable bonds is 6. The number of hydrogen-bond acceptors (Lipinski definition) is 4. The van der Waals surface area contributed by atoms with E-state index in [0.717, 1.165) is 5.56 Å². The molecule has 2 N–H and O–H groups in total. The minimum atomic E-state index is -0.232. The Balaban J connectivity index is 1.55. The lowest BCUT2D eigenvalue weighted by molar-refractivity contribution is 0.0945. The predicted molar refractivity (Wildman–Crippen MR) is 103 cm³/mol. The van der Waals surface area contributed by atoms with Crippen molar-refractivity contribution in [3.05, 3.63) is 88.6 Å². The molecule has 0 spiro atoms. The number of nitrogens with one attached hydrogen (secondary N) is 2. The van der Waals surface area contributed by atoms with Gasteiger partial charge >= 0.3 is 0 Å². The minimum absolute atomic E-state index is 0.232. The van der Waals surface area contributed by atoms with Gasteiger partial charge in [0.1, 0.15) is 5.82 Å². The molecule has 0 saturated carbocycles. The number of aromatic nitrogens is 2. The van der Waals surface area contributed by atoms with Crippen molar-refractivity contribution in [2.45, 2.75) is 26.9 Å². The molecule has 0 aliphatic heterocycles. The molecule has 1 aromatic heterocycles. The van der Waals surface area contributed by atoms with Crippen LogP contribution in [0.25, 0.3) is 0 Å². The van der Waals surface area contributed by atoms with Crippen molar-refractivity contribution in [2.24, 2.45) is 0 Å². The van der Waals surface area contributed by atoms with Gasteiger partial charge in [-0.15, -0.1) is 10.2 Å². The second-order valence-corrected chi connectivity index (χ2v) is 6.26. The van der Waals surface area contributed by atoms with Crippen LogP contribution in [0.1, 0.15) is 32.7 Å². The molecule has 0 unspecified atom stereocenters. The van der Waals surface area contributed by atoms with Crippen molar-refractivity contribution in [1.82, 2.24) is 15.5 Å². The molecular formula is C21H22N4O. The van der Waals surface area contributed by atoms with E-state index in [9.17, 15) is 4.79 Å². The van der Waals surface area contributed by atoms with E-state index in [-0.39, 0.29) is 5.91 Å². The number of benzene rings is 2. The van der Waals surface area contributed by atoms with Gasteiger partial charge in [0.15, 0.2) is 5.69 Å². The van der Waals surface area contributed by atoms with Crippen LogP contribution in [-0.4, -0.2) is 16.1 Å². The Labute approximate surface area is 153 Å². The van der Waals surface area contributed by atoms with Crippen LogP contribution < -0.4 is 10.6 Å². The first-order valence-corrected chi connectivity index (χ1v) is 8.57. The van der Waals surface area contributed by atoms with E-state index in [1.165, 1.54) is 16.7 Å². The van der Waals surface area contributed by atoms with Crippen LogP contribution in [0, 0.1) is 13.8 Å². The summed E-state index contributed by atoms with van der Waals surface area (Å²) in [5.41, 5.74) is 4.96. The Morgan fingerprint density at radius 3 is 2.50 bits per heavy atom. The first-order valence-electron chi connectivity index (χ1n) is 8.57. The normalized spacial score (nSPS) is 10.4. The highest BCUT2D eigenvalue weighted by Gasteiger charge is 2.08. The standard InChI is InChI=1S/C21H22N4O/c1-15-6-5-8-17(12-15)13-23-21(26)19-10-11-20(25-24-19)22-14-18-9-4-3-7-16(18)2/h3-12H,13-14H2,1-2H3,(H,22,25)(H,23,26). The molecule has 0 bridgehead atoms. The van der Waals surface area contributed by atoms with Gasteiger partial charge in [0, 0.05) is 13.1 Å². The predicted octanol–water partition coefficient (Wildman–Crippen LogP) is 3.64. The number of amides is 1. The van der Waals surface area contributed by atoms with Gasteiger partial charge in [0.25, 0.3) is 5.91 Å². The van der Waals surface area contributed by atoms with Gasteiger partial charge in [0.05, 0.1) is 0 Å². The summed E-state index contributed by atoms with van der Waals surface area (Å²) in [5, 5.41) is 14.2. The molecule has 1 amide bonds. The van der Waals surface area contributed by atoms with Gasteiger partial charge in [-0.2, -0.15) is 0 Å². The molecule has 0 aliphatic carbocycles. The maximum atomic E-state index is 12.2. The van der Waals surface area contributed by atoms with E-state index in [1.807, 2.05) is 43.3 Å². The van der Waals surface area contributed by atoms with Crippen LogP contribution in [0.15, 0.2) is 60.7 Å². The molecule has 26 heavy (non-hydrogen) atoms. The third-order valence-electron chi connectivity index (χ3n) is 4.15. The molecule has 0 saturated heterocycles. The van der Waals surface area contributed by atoms with Crippen LogP contribution >= 0.6 is 0 Å². The topological polar surface area (TPSA) is 66.9 Å². The van der Waals surface area contributed by atoms with Gasteiger partial charge in [0.2, 0.25) is 0 Å². The molecule has 132 valence electrons. The highest BCUT2D eigenvalue weighted by Crippen LogP contribution is 2.10. The first-order chi connectivity index (χ1) is 12.6. The smallest absolute Gasteiger partial charge is 0.272 e. The summed E-state index contributed by atoms with van der Waals surface area (Å²) in [7, 11) is 0. The summed E-state index contributed by atoms with van der Waals surface area (Å²) in [5.74, 6) is 0.410. The van der Waals surface area contributed by atoms with Gasteiger partial charge < -0.3 is 10.6 Å². The average molecular weight is 346 g/mol. The maximum Gasteiger partial charge on any atom is 0.272 e. The monoisotopic (exact) mass is 346 g/mol. The molecule has 5 nitrogen and oxygen atoms in total. The number of hydrogen-bond donors (Lipinski definition) is 2. The number of aryl methyl sites for hydroxylation is 2. The molecule has 5 heteroatoms. The van der Waals surface area contributed by atoms with Crippen molar-refractivity contribution in [3.8, 4) is 0 Å². The van der Waals surface area contributed by atoms with Crippen LogP contribution in [0.2, 0.25) is 0 Å². The van der Waals surface area contributed by atoms with E-state index < -0.39 is 0 Å². The van der Waals surface area contributed by atoms with Crippen molar-refractivity contribution >= 4 is 11.7 Å². The summed E-state index contributed by atoms with van der Waals surface area (Å²) in [4.78, 5) is 12.2. The van der Waals surface area contributed by atoms with Gasteiger partial charge in [-0.1, -0.05) is 54.1 Å². The zero-order chi connectivity index (χ0) is 18.4. The highest BCUT2D eigenvalue weighted by molar-refractivity contribution is 5.92. The molecule has 0 aliphatic rings. The summed E-state index contributed by atoms with van der Waals surface area (Å²) < 4.78 is 0. The molecule has 0 atom stereocenters. The van der Waals surface area contributed by atoms with E-state index in [2.05, 4.69) is 39.9 Å². The van der Waals surface area contributed by atoms with Crippen LogP contribution in [-0.2, 0) is 13.1 Å². The second kappa shape index (κ2) is 8.25. The Bertz CT molecular complexity index is 891. The summed E-state index contributed by atoms with van der Waals surface area (Å²) >= 11 is 0. The number of anilines is 1. The van der Waals surface area contributed by atoms with Gasteiger partial charge in [-0.05, 0) is 42.7 Å². The zero-order valence-electron chi connectivity index (χ0n) is 15.0. The Hall–Kier alpha value is -3.21. The molecule has 0 fully saturated rings. The number of nitrogens with zero attached hydrogens (tertiary/aromatic N) is 2. The average Bonchev–Trinajstić information content (AvgIpc) is 2.66. The van der Waals surface area contributed by atoms with Crippen molar-refractivity contribution in [1.29, 1.82) is 0 Å². The minimum Gasteiger partial charge on any atom is -0.364 e. The summed E-state index contributed by atoms with van der Waals surface area (Å²) in [6, 6.07) is 19.7. The van der Waals surface area contributed by atoms with Gasteiger partial charge in [-0.3, -0.25) is 4.79 Å². The maximum absolute atomic E-state index is 12.2. The third kappa shape index (κ3) is 4.66. The van der Waals surface area contributed by atoms with Crippen LogP contribution in [0.5, 0.6) is 0 Å². The molecule has 1 heterocycles. The first kappa shape index (κ1) is 17.6.